The van der Waals surface area contributed by atoms with Crippen LogP contribution in [-0.4, -0.2) is 41.4 Å². The smallest absolute Gasteiger partial charge is 0.416 e. The zero-order chi connectivity index (χ0) is 31.5. The molecule has 43 heavy (non-hydrogen) atoms. The molecule has 1 saturated heterocycles. The largest absolute Gasteiger partial charge is 0.445 e. The van der Waals surface area contributed by atoms with E-state index in [-0.39, 0.29) is 44.2 Å². The Kier molecular flexibility index (Phi) is 9.43. The van der Waals surface area contributed by atoms with Gasteiger partial charge in [-0.25, -0.2) is 4.79 Å². The fourth-order valence-corrected chi connectivity index (χ4v) is 5.16. The highest BCUT2D eigenvalue weighted by Gasteiger charge is 2.51. The molecule has 0 spiro atoms. The molecular weight excluding hydrogens is 578 g/mol. The minimum Gasteiger partial charge on any atom is -0.445 e. The SMILES string of the molecule is C[C@@H](OC[C@@]1(c2ccccc2)CCC(N)(CO)CN1C(=O)OCc1ccccc1)c1cc(C(F)(F)F)cc(C(F)(F)F)c1. The van der Waals surface area contributed by atoms with Gasteiger partial charge in [0.1, 0.15) is 6.61 Å². The first-order valence-corrected chi connectivity index (χ1v) is 13.5. The number of likely N-dealkylation sites (tertiary alicyclic amines) is 1. The molecule has 1 unspecified atom stereocenters. The maximum absolute atomic E-state index is 13.6. The van der Waals surface area contributed by atoms with Crippen LogP contribution < -0.4 is 5.73 Å². The molecule has 0 aliphatic carbocycles. The van der Waals surface area contributed by atoms with Gasteiger partial charge in [-0.15, -0.1) is 0 Å². The van der Waals surface area contributed by atoms with Crippen LogP contribution in [-0.2, 0) is 34.0 Å². The number of nitrogens with two attached hydrogens (primary N) is 1. The summed E-state index contributed by atoms with van der Waals surface area (Å²) in [6.45, 7) is 0.376. The molecule has 1 amide bonds. The van der Waals surface area contributed by atoms with Gasteiger partial charge >= 0.3 is 18.4 Å². The third-order valence-electron chi connectivity index (χ3n) is 7.73. The number of piperidine rings is 1. The van der Waals surface area contributed by atoms with E-state index in [1.165, 1.54) is 11.8 Å². The molecule has 0 radical (unpaired) electrons. The predicted molar refractivity (Wildman–Crippen MR) is 146 cm³/mol. The van der Waals surface area contributed by atoms with Gasteiger partial charge in [0, 0.05) is 6.54 Å². The summed E-state index contributed by atoms with van der Waals surface area (Å²) in [6.07, 6.45) is -11.6. The molecular formula is C31H32F6N2O4. The van der Waals surface area contributed by atoms with Crippen LogP contribution in [0.15, 0.2) is 78.9 Å². The number of aliphatic hydroxyl groups is 1. The van der Waals surface area contributed by atoms with Crippen molar-refractivity contribution in [2.24, 2.45) is 5.73 Å². The zero-order valence-electron chi connectivity index (χ0n) is 23.3. The Morgan fingerprint density at radius 3 is 2.02 bits per heavy atom. The molecule has 4 rings (SSSR count). The molecule has 0 saturated carbocycles. The molecule has 3 atom stereocenters. The molecule has 1 aliphatic heterocycles. The molecule has 0 aromatic heterocycles. The minimum absolute atomic E-state index is 0.0585. The van der Waals surface area contributed by atoms with Crippen LogP contribution >= 0.6 is 0 Å². The summed E-state index contributed by atoms with van der Waals surface area (Å²) in [5.41, 5.74) is 2.03. The van der Waals surface area contributed by atoms with Crippen molar-refractivity contribution in [2.75, 3.05) is 19.8 Å². The molecule has 3 N–H and O–H groups in total. The average Bonchev–Trinajstić information content (AvgIpc) is 2.99. The highest BCUT2D eigenvalue weighted by molar-refractivity contribution is 5.70. The van der Waals surface area contributed by atoms with Crippen molar-refractivity contribution in [1.29, 1.82) is 0 Å². The van der Waals surface area contributed by atoms with Gasteiger partial charge in [-0.05, 0) is 54.7 Å². The number of carbonyl (C=O) groups excluding carboxylic acids is 1. The molecule has 1 aliphatic rings. The van der Waals surface area contributed by atoms with E-state index in [9.17, 15) is 36.2 Å². The van der Waals surface area contributed by atoms with Crippen LogP contribution in [0.4, 0.5) is 31.1 Å². The highest BCUT2D eigenvalue weighted by Crippen LogP contribution is 2.43. The van der Waals surface area contributed by atoms with Crippen LogP contribution in [0.25, 0.3) is 0 Å². The molecule has 3 aromatic carbocycles. The first-order chi connectivity index (χ1) is 20.2. The number of halogens is 6. The van der Waals surface area contributed by atoms with Gasteiger partial charge in [0.15, 0.2) is 0 Å². The molecule has 232 valence electrons. The number of aliphatic hydroxyl groups excluding tert-OH is 1. The average molecular weight is 611 g/mol. The number of hydrogen-bond donors (Lipinski definition) is 2. The second-order valence-electron chi connectivity index (χ2n) is 10.8. The lowest BCUT2D eigenvalue weighted by Gasteiger charge is -2.52. The Bertz CT molecular complexity index is 1350. The van der Waals surface area contributed by atoms with Gasteiger partial charge in [-0.3, -0.25) is 4.90 Å². The molecule has 1 fully saturated rings. The van der Waals surface area contributed by atoms with Crippen molar-refractivity contribution < 1.29 is 45.7 Å². The summed E-state index contributed by atoms with van der Waals surface area (Å²) in [4.78, 5) is 15.0. The molecule has 12 heteroatoms. The third-order valence-corrected chi connectivity index (χ3v) is 7.73. The van der Waals surface area contributed by atoms with E-state index in [1.54, 1.807) is 60.7 Å². The lowest BCUT2D eigenvalue weighted by atomic mass is 9.75. The molecule has 6 nitrogen and oxygen atoms in total. The van der Waals surface area contributed by atoms with Crippen molar-refractivity contribution in [3.63, 3.8) is 0 Å². The van der Waals surface area contributed by atoms with Gasteiger partial charge in [-0.2, -0.15) is 26.3 Å². The maximum atomic E-state index is 13.6. The minimum atomic E-state index is -5.02. The van der Waals surface area contributed by atoms with Gasteiger partial charge in [0.05, 0.1) is 41.5 Å². The van der Waals surface area contributed by atoms with Crippen molar-refractivity contribution in [3.05, 3.63) is 107 Å². The first kappa shape index (κ1) is 32.3. The topological polar surface area (TPSA) is 85.0 Å². The summed E-state index contributed by atoms with van der Waals surface area (Å²) in [7, 11) is 0. The summed E-state index contributed by atoms with van der Waals surface area (Å²) in [6, 6.07) is 18.9. The van der Waals surface area contributed by atoms with Gasteiger partial charge < -0.3 is 20.3 Å². The number of ether oxygens (including phenoxy) is 2. The fraction of sp³-hybridized carbons (Fsp3) is 0.387. The van der Waals surface area contributed by atoms with Crippen LogP contribution in [0.3, 0.4) is 0 Å². The summed E-state index contributed by atoms with van der Waals surface area (Å²) in [5, 5.41) is 10.0. The predicted octanol–water partition coefficient (Wildman–Crippen LogP) is 6.82. The third kappa shape index (κ3) is 7.49. The number of amides is 1. The number of carbonyl (C=O) groups is 1. The number of benzene rings is 3. The van der Waals surface area contributed by atoms with E-state index in [0.29, 0.717) is 23.3 Å². The lowest BCUT2D eigenvalue weighted by molar-refractivity contribution is -0.143. The summed E-state index contributed by atoms with van der Waals surface area (Å²) in [5.74, 6) is 0. The number of hydrogen-bond acceptors (Lipinski definition) is 5. The molecule has 3 aromatic rings. The standard InChI is InChI=1S/C31H32F6N2O4/c1-21(23-14-25(30(32,33)34)16-26(15-23)31(35,36)37)43-20-29(24-10-6-3-7-11-24)13-12-28(38,19-40)18-39(29)27(41)42-17-22-8-4-2-5-9-22/h2-11,14-16,21,40H,12-13,17-20,38H2,1H3/t21-,28?,29-/m1/s1. The Morgan fingerprint density at radius 2 is 1.49 bits per heavy atom. The van der Waals surface area contributed by atoms with E-state index in [4.69, 9.17) is 15.2 Å². The fourth-order valence-electron chi connectivity index (χ4n) is 5.16. The number of alkyl halides is 6. The summed E-state index contributed by atoms with van der Waals surface area (Å²) >= 11 is 0. The zero-order valence-corrected chi connectivity index (χ0v) is 23.3. The second-order valence-corrected chi connectivity index (χ2v) is 10.8. The Labute approximate surface area is 245 Å². The second kappa shape index (κ2) is 12.6. The van der Waals surface area contributed by atoms with E-state index >= 15 is 0 Å². The van der Waals surface area contributed by atoms with Crippen molar-refractivity contribution in [3.8, 4) is 0 Å². The van der Waals surface area contributed by atoms with Crippen molar-refractivity contribution >= 4 is 6.09 Å². The highest BCUT2D eigenvalue weighted by atomic mass is 19.4. The first-order valence-electron chi connectivity index (χ1n) is 13.5. The number of rotatable bonds is 8. The Morgan fingerprint density at radius 1 is 0.930 bits per heavy atom. The molecule has 0 bridgehead atoms. The van der Waals surface area contributed by atoms with Gasteiger partial charge in [0.2, 0.25) is 0 Å². The van der Waals surface area contributed by atoms with Crippen LogP contribution in [0.2, 0.25) is 0 Å². The maximum Gasteiger partial charge on any atom is 0.416 e. The molecule has 1 heterocycles. The monoisotopic (exact) mass is 610 g/mol. The van der Waals surface area contributed by atoms with Crippen molar-refractivity contribution in [1.82, 2.24) is 4.90 Å². The summed E-state index contributed by atoms with van der Waals surface area (Å²) < 4.78 is 92.7. The van der Waals surface area contributed by atoms with Crippen molar-refractivity contribution in [2.45, 2.75) is 55.9 Å². The number of nitrogens with zero attached hydrogens (tertiary/aromatic N) is 1. The van der Waals surface area contributed by atoms with Crippen LogP contribution in [0.1, 0.15) is 53.7 Å². The Balaban J connectivity index is 1.70. The van der Waals surface area contributed by atoms with E-state index in [2.05, 4.69) is 0 Å². The van der Waals surface area contributed by atoms with Gasteiger partial charge in [0.25, 0.3) is 0 Å². The Hall–Kier alpha value is -3.61. The van der Waals surface area contributed by atoms with E-state index < -0.39 is 53.4 Å². The van der Waals surface area contributed by atoms with Crippen LogP contribution in [0, 0.1) is 0 Å². The van der Waals surface area contributed by atoms with Gasteiger partial charge in [-0.1, -0.05) is 60.7 Å². The lowest BCUT2D eigenvalue weighted by Crippen LogP contribution is -2.66. The normalized spacial score (nSPS) is 21.8. The quantitative estimate of drug-likeness (QED) is 0.274. The van der Waals surface area contributed by atoms with E-state index in [0.717, 1.165) is 0 Å². The van der Waals surface area contributed by atoms with E-state index in [1.807, 2.05) is 0 Å². The van der Waals surface area contributed by atoms with Crippen LogP contribution in [0.5, 0.6) is 0 Å².